The van der Waals surface area contributed by atoms with E-state index in [1.165, 1.54) is 11.3 Å². The Labute approximate surface area is 122 Å². The minimum absolute atomic E-state index is 0.0640. The highest BCUT2D eigenvalue weighted by Gasteiger charge is 2.21. The van der Waals surface area contributed by atoms with Crippen LogP contribution in [0.5, 0.6) is 0 Å². The Kier molecular flexibility index (Phi) is 5.37. The molecule has 3 amide bonds. The van der Waals surface area contributed by atoms with Gasteiger partial charge in [-0.3, -0.25) is 4.79 Å². The van der Waals surface area contributed by atoms with E-state index in [2.05, 4.69) is 16.0 Å². The summed E-state index contributed by atoms with van der Waals surface area (Å²) in [7, 11) is 0. The van der Waals surface area contributed by atoms with Crippen molar-refractivity contribution in [2.75, 3.05) is 13.1 Å². The number of piperidine rings is 1. The molecule has 20 heavy (non-hydrogen) atoms. The Morgan fingerprint density at radius 3 is 3.00 bits per heavy atom. The molecule has 7 heteroatoms. The summed E-state index contributed by atoms with van der Waals surface area (Å²) in [6, 6.07) is 2.98. The van der Waals surface area contributed by atoms with Crippen LogP contribution in [0.1, 0.15) is 30.2 Å². The van der Waals surface area contributed by atoms with Crippen LogP contribution in [0.25, 0.3) is 0 Å². The molecule has 2 unspecified atom stereocenters. The van der Waals surface area contributed by atoms with Gasteiger partial charge in [0.1, 0.15) is 0 Å². The van der Waals surface area contributed by atoms with E-state index >= 15 is 0 Å². The molecule has 1 aliphatic heterocycles. The quantitative estimate of drug-likeness (QED) is 0.644. The lowest BCUT2D eigenvalue weighted by atomic mass is 10.1. The fourth-order valence-electron chi connectivity index (χ4n) is 2.33. The SMILES string of the molecule is NC(=O)NC(CC(=O)NC1CCCNC1)c1cccs1. The van der Waals surface area contributed by atoms with Gasteiger partial charge in [-0.25, -0.2) is 4.79 Å². The number of rotatable bonds is 5. The second-order valence-corrected chi connectivity index (χ2v) is 5.87. The predicted octanol–water partition coefficient (Wildman–Crippen LogP) is 0.716. The molecule has 110 valence electrons. The Hall–Kier alpha value is -1.60. The molecule has 2 rings (SSSR count). The summed E-state index contributed by atoms with van der Waals surface area (Å²) < 4.78 is 0. The van der Waals surface area contributed by atoms with Crippen molar-refractivity contribution in [2.24, 2.45) is 5.73 Å². The van der Waals surface area contributed by atoms with Crippen molar-refractivity contribution in [1.29, 1.82) is 0 Å². The van der Waals surface area contributed by atoms with Crippen molar-refractivity contribution in [3.8, 4) is 0 Å². The molecule has 6 nitrogen and oxygen atoms in total. The average molecular weight is 296 g/mol. The molecule has 1 aliphatic rings. The molecule has 2 heterocycles. The zero-order valence-electron chi connectivity index (χ0n) is 11.2. The molecule has 1 saturated heterocycles. The van der Waals surface area contributed by atoms with E-state index in [1.54, 1.807) is 0 Å². The summed E-state index contributed by atoms with van der Waals surface area (Å²) in [5.41, 5.74) is 5.17. The lowest BCUT2D eigenvalue weighted by Crippen LogP contribution is -2.46. The summed E-state index contributed by atoms with van der Waals surface area (Å²) in [5, 5.41) is 10.8. The molecule has 0 aliphatic carbocycles. The number of urea groups is 1. The van der Waals surface area contributed by atoms with Crippen LogP contribution < -0.4 is 21.7 Å². The fourth-order valence-corrected chi connectivity index (χ4v) is 3.11. The topological polar surface area (TPSA) is 96.2 Å². The van der Waals surface area contributed by atoms with Crippen LogP contribution in [0.2, 0.25) is 0 Å². The van der Waals surface area contributed by atoms with Gasteiger partial charge >= 0.3 is 6.03 Å². The zero-order valence-corrected chi connectivity index (χ0v) is 12.0. The Balaban J connectivity index is 1.89. The highest BCUT2D eigenvalue weighted by molar-refractivity contribution is 7.10. The normalized spacial score (nSPS) is 20.1. The molecule has 0 radical (unpaired) electrons. The monoisotopic (exact) mass is 296 g/mol. The summed E-state index contributed by atoms with van der Waals surface area (Å²) in [4.78, 5) is 24.1. The van der Waals surface area contributed by atoms with E-state index in [4.69, 9.17) is 5.73 Å². The maximum absolute atomic E-state index is 12.1. The van der Waals surface area contributed by atoms with Gasteiger partial charge in [0.15, 0.2) is 0 Å². The first-order valence-corrected chi connectivity index (χ1v) is 7.62. The van der Waals surface area contributed by atoms with E-state index in [0.717, 1.165) is 30.8 Å². The van der Waals surface area contributed by atoms with Crippen LogP contribution in [0, 0.1) is 0 Å². The summed E-state index contributed by atoms with van der Waals surface area (Å²) >= 11 is 1.50. The summed E-state index contributed by atoms with van der Waals surface area (Å²) in [6.45, 7) is 1.81. The summed E-state index contributed by atoms with van der Waals surface area (Å²) in [5.74, 6) is -0.0640. The number of primary amides is 1. The molecule has 0 aromatic carbocycles. The number of thiophene rings is 1. The van der Waals surface area contributed by atoms with Crippen LogP contribution in [-0.4, -0.2) is 31.1 Å². The lowest BCUT2D eigenvalue weighted by molar-refractivity contribution is -0.122. The smallest absolute Gasteiger partial charge is 0.312 e. The maximum Gasteiger partial charge on any atom is 0.312 e. The van der Waals surface area contributed by atoms with Crippen molar-refractivity contribution in [3.63, 3.8) is 0 Å². The average Bonchev–Trinajstić information content (AvgIpc) is 2.92. The Bertz CT molecular complexity index is 443. The van der Waals surface area contributed by atoms with Crippen molar-refractivity contribution < 1.29 is 9.59 Å². The number of hydrogen-bond donors (Lipinski definition) is 4. The van der Waals surface area contributed by atoms with E-state index in [1.807, 2.05) is 17.5 Å². The molecule has 0 bridgehead atoms. The van der Waals surface area contributed by atoms with Crippen LogP contribution in [0.4, 0.5) is 4.79 Å². The van der Waals surface area contributed by atoms with E-state index in [9.17, 15) is 9.59 Å². The Morgan fingerprint density at radius 2 is 2.40 bits per heavy atom. The van der Waals surface area contributed by atoms with Crippen molar-refractivity contribution in [1.82, 2.24) is 16.0 Å². The lowest BCUT2D eigenvalue weighted by Gasteiger charge is -2.25. The fraction of sp³-hybridized carbons (Fsp3) is 0.538. The number of carbonyl (C=O) groups excluding carboxylic acids is 2. The van der Waals surface area contributed by atoms with Gasteiger partial charge in [0.2, 0.25) is 5.91 Å². The van der Waals surface area contributed by atoms with Crippen LogP contribution in [0.3, 0.4) is 0 Å². The first-order valence-electron chi connectivity index (χ1n) is 6.74. The van der Waals surface area contributed by atoms with E-state index in [-0.39, 0.29) is 24.4 Å². The van der Waals surface area contributed by atoms with Crippen LogP contribution in [0.15, 0.2) is 17.5 Å². The standard InChI is InChI=1S/C13H20N4O2S/c14-13(19)17-10(11-4-2-6-20-11)7-12(18)16-9-3-1-5-15-8-9/h2,4,6,9-10,15H,1,3,5,7-8H2,(H,16,18)(H3,14,17,19). The number of hydrogen-bond acceptors (Lipinski definition) is 4. The first-order chi connectivity index (χ1) is 9.65. The van der Waals surface area contributed by atoms with E-state index < -0.39 is 6.03 Å². The van der Waals surface area contributed by atoms with Gasteiger partial charge in [-0.1, -0.05) is 6.07 Å². The van der Waals surface area contributed by atoms with Gasteiger partial charge in [-0.15, -0.1) is 11.3 Å². The highest BCUT2D eigenvalue weighted by atomic mass is 32.1. The second-order valence-electron chi connectivity index (χ2n) is 4.89. The number of amides is 3. The minimum Gasteiger partial charge on any atom is -0.352 e. The van der Waals surface area contributed by atoms with Gasteiger partial charge < -0.3 is 21.7 Å². The van der Waals surface area contributed by atoms with Crippen LogP contribution in [-0.2, 0) is 4.79 Å². The largest absolute Gasteiger partial charge is 0.352 e. The summed E-state index contributed by atoms with van der Waals surface area (Å²) in [6.07, 6.45) is 2.27. The number of nitrogens with one attached hydrogen (secondary N) is 3. The van der Waals surface area contributed by atoms with Crippen molar-refractivity contribution >= 4 is 23.3 Å². The predicted molar refractivity (Wildman–Crippen MR) is 78.4 cm³/mol. The first kappa shape index (κ1) is 14.8. The van der Waals surface area contributed by atoms with Crippen molar-refractivity contribution in [3.05, 3.63) is 22.4 Å². The van der Waals surface area contributed by atoms with Gasteiger partial charge in [-0.2, -0.15) is 0 Å². The zero-order chi connectivity index (χ0) is 14.4. The number of carbonyl (C=O) groups is 2. The molecule has 2 atom stereocenters. The Morgan fingerprint density at radius 1 is 1.55 bits per heavy atom. The molecular formula is C13H20N4O2S. The van der Waals surface area contributed by atoms with Gasteiger partial charge in [-0.05, 0) is 30.8 Å². The molecule has 1 aromatic heterocycles. The molecule has 0 spiro atoms. The van der Waals surface area contributed by atoms with Gasteiger partial charge in [0.25, 0.3) is 0 Å². The molecule has 0 saturated carbocycles. The number of nitrogens with two attached hydrogens (primary N) is 1. The highest BCUT2D eigenvalue weighted by Crippen LogP contribution is 2.22. The molecule has 1 fully saturated rings. The maximum atomic E-state index is 12.1. The minimum atomic E-state index is -0.615. The van der Waals surface area contributed by atoms with Gasteiger partial charge in [0.05, 0.1) is 12.5 Å². The van der Waals surface area contributed by atoms with E-state index in [0.29, 0.717) is 0 Å². The third-order valence-corrected chi connectivity index (χ3v) is 4.24. The second kappa shape index (κ2) is 7.25. The molecular weight excluding hydrogens is 276 g/mol. The third-order valence-electron chi connectivity index (χ3n) is 3.25. The molecule has 5 N–H and O–H groups in total. The van der Waals surface area contributed by atoms with Crippen molar-refractivity contribution in [2.45, 2.75) is 31.3 Å². The third kappa shape index (κ3) is 4.50. The molecule has 1 aromatic rings. The van der Waals surface area contributed by atoms with Gasteiger partial charge in [0, 0.05) is 17.5 Å². The van der Waals surface area contributed by atoms with Crippen LogP contribution >= 0.6 is 11.3 Å².